The monoisotopic (exact) mass is 521 g/mol. The zero-order valence-corrected chi connectivity index (χ0v) is 22.7. The highest BCUT2D eigenvalue weighted by Crippen LogP contribution is 2.23. The summed E-state index contributed by atoms with van der Waals surface area (Å²) in [4.78, 5) is 28.1. The van der Waals surface area contributed by atoms with E-state index in [1.165, 1.54) is 4.90 Å². The normalized spacial score (nSPS) is 12.2. The number of sulfonamides is 1. The van der Waals surface area contributed by atoms with Gasteiger partial charge in [-0.1, -0.05) is 50.1 Å². The number of hydrogen-bond donors (Lipinski definition) is 1. The second-order valence-electron chi connectivity index (χ2n) is 8.75. The molecule has 0 aliphatic heterocycles. The van der Waals surface area contributed by atoms with Crippen molar-refractivity contribution in [1.82, 2.24) is 10.2 Å². The Morgan fingerprint density at radius 2 is 1.69 bits per heavy atom. The summed E-state index contributed by atoms with van der Waals surface area (Å²) in [5.74, 6) is -0.707. The van der Waals surface area contributed by atoms with E-state index >= 15 is 0 Å². The van der Waals surface area contributed by atoms with Crippen LogP contribution in [0.3, 0.4) is 0 Å². The van der Waals surface area contributed by atoms with Crippen LogP contribution < -0.4 is 9.62 Å². The number of aryl methyl sites for hydroxylation is 2. The first-order valence-electron chi connectivity index (χ1n) is 11.8. The van der Waals surface area contributed by atoms with Gasteiger partial charge in [-0.25, -0.2) is 8.42 Å². The van der Waals surface area contributed by atoms with Crippen molar-refractivity contribution in [2.75, 3.05) is 23.7 Å². The highest BCUT2D eigenvalue weighted by Gasteiger charge is 2.31. The second-order valence-corrected chi connectivity index (χ2v) is 11.1. The van der Waals surface area contributed by atoms with Gasteiger partial charge in [0.15, 0.2) is 0 Å². The minimum atomic E-state index is -3.76. The molecule has 0 saturated carbocycles. The Morgan fingerprint density at radius 1 is 1.03 bits per heavy atom. The van der Waals surface area contributed by atoms with Gasteiger partial charge in [0, 0.05) is 18.1 Å². The molecule has 35 heavy (non-hydrogen) atoms. The molecule has 2 aromatic rings. The SMILES string of the molecule is CCCCNC(=O)[C@@H](CC)N(Cc1ccc(Cl)cc1)C(=O)CN(c1ccc(C)c(C)c1)S(C)(=O)=O. The Labute approximate surface area is 214 Å². The number of hydrogen-bond acceptors (Lipinski definition) is 4. The molecule has 0 fully saturated rings. The van der Waals surface area contributed by atoms with Gasteiger partial charge in [0.05, 0.1) is 11.9 Å². The van der Waals surface area contributed by atoms with Crippen LogP contribution in [0.1, 0.15) is 49.8 Å². The van der Waals surface area contributed by atoms with E-state index in [4.69, 9.17) is 11.6 Å². The maximum atomic E-state index is 13.6. The molecule has 192 valence electrons. The third-order valence-electron chi connectivity index (χ3n) is 5.94. The molecule has 0 radical (unpaired) electrons. The number of rotatable bonds is 12. The van der Waals surface area contributed by atoms with Crippen molar-refractivity contribution in [1.29, 1.82) is 0 Å². The van der Waals surface area contributed by atoms with Crippen LogP contribution in [0, 0.1) is 13.8 Å². The predicted octanol–water partition coefficient (Wildman–Crippen LogP) is 4.45. The van der Waals surface area contributed by atoms with Gasteiger partial charge in [-0.05, 0) is 67.6 Å². The summed E-state index contributed by atoms with van der Waals surface area (Å²) in [6.45, 7) is 7.96. The number of halogens is 1. The fourth-order valence-corrected chi connectivity index (χ4v) is 4.67. The lowest BCUT2D eigenvalue weighted by atomic mass is 10.1. The van der Waals surface area contributed by atoms with E-state index in [2.05, 4.69) is 5.32 Å². The van der Waals surface area contributed by atoms with Crippen molar-refractivity contribution >= 4 is 39.1 Å². The minimum Gasteiger partial charge on any atom is -0.354 e. The van der Waals surface area contributed by atoms with E-state index in [9.17, 15) is 18.0 Å². The summed E-state index contributed by atoms with van der Waals surface area (Å²) in [6.07, 6.45) is 3.24. The van der Waals surface area contributed by atoms with Gasteiger partial charge in [-0.15, -0.1) is 0 Å². The van der Waals surface area contributed by atoms with E-state index in [0.717, 1.165) is 40.1 Å². The molecule has 2 rings (SSSR count). The number of carbonyl (C=O) groups excluding carboxylic acids is 2. The molecule has 0 aliphatic carbocycles. The number of nitrogens with one attached hydrogen (secondary N) is 1. The first-order valence-corrected chi connectivity index (χ1v) is 14.1. The van der Waals surface area contributed by atoms with Crippen molar-refractivity contribution in [3.63, 3.8) is 0 Å². The average molecular weight is 522 g/mol. The van der Waals surface area contributed by atoms with Gasteiger partial charge in [-0.2, -0.15) is 0 Å². The lowest BCUT2D eigenvalue weighted by Crippen LogP contribution is -2.52. The Morgan fingerprint density at radius 3 is 2.23 bits per heavy atom. The van der Waals surface area contributed by atoms with Crippen LogP contribution in [0.2, 0.25) is 5.02 Å². The third kappa shape index (κ3) is 8.25. The number of anilines is 1. The summed E-state index contributed by atoms with van der Waals surface area (Å²) in [6, 6.07) is 11.6. The molecular formula is C26H36ClN3O4S. The molecule has 0 saturated heterocycles. The largest absolute Gasteiger partial charge is 0.354 e. The molecular weight excluding hydrogens is 486 g/mol. The standard InChI is InChI=1S/C26H36ClN3O4S/c1-6-8-15-28-26(32)24(7-2)29(17-21-10-12-22(27)13-11-21)25(31)18-30(35(5,33)34)23-14-9-19(3)20(4)16-23/h9-14,16,24H,6-8,15,17-18H2,1-5H3,(H,28,32)/t24-/m1/s1. The van der Waals surface area contributed by atoms with E-state index in [-0.39, 0.29) is 12.5 Å². The predicted molar refractivity (Wildman–Crippen MR) is 142 cm³/mol. The third-order valence-corrected chi connectivity index (χ3v) is 7.33. The number of amides is 2. The van der Waals surface area contributed by atoms with Crippen LogP contribution in [0.5, 0.6) is 0 Å². The molecule has 1 atom stereocenters. The highest BCUT2D eigenvalue weighted by molar-refractivity contribution is 7.92. The van der Waals surface area contributed by atoms with E-state index in [0.29, 0.717) is 23.7 Å². The minimum absolute atomic E-state index is 0.153. The number of unbranched alkanes of at least 4 members (excludes halogenated alkanes) is 1. The van der Waals surface area contributed by atoms with Gasteiger partial charge in [0.25, 0.3) is 0 Å². The summed E-state index contributed by atoms with van der Waals surface area (Å²) >= 11 is 6.01. The molecule has 0 spiro atoms. The fraction of sp³-hybridized carbons (Fsp3) is 0.462. The molecule has 0 bridgehead atoms. The first-order chi connectivity index (χ1) is 16.5. The van der Waals surface area contributed by atoms with Gasteiger partial charge in [0.2, 0.25) is 21.8 Å². The van der Waals surface area contributed by atoms with Gasteiger partial charge >= 0.3 is 0 Å². The maximum Gasteiger partial charge on any atom is 0.244 e. The average Bonchev–Trinajstić information content (AvgIpc) is 2.80. The van der Waals surface area contributed by atoms with Crippen LogP contribution in [0.15, 0.2) is 42.5 Å². The van der Waals surface area contributed by atoms with E-state index in [1.54, 1.807) is 36.4 Å². The first kappa shape index (κ1) is 28.7. The zero-order valence-electron chi connectivity index (χ0n) is 21.2. The zero-order chi connectivity index (χ0) is 26.2. The van der Waals surface area contributed by atoms with Gasteiger partial charge < -0.3 is 10.2 Å². The molecule has 9 heteroatoms. The molecule has 7 nitrogen and oxygen atoms in total. The summed E-state index contributed by atoms with van der Waals surface area (Å²) < 4.78 is 26.5. The number of carbonyl (C=O) groups is 2. The van der Waals surface area contributed by atoms with Crippen molar-refractivity contribution in [2.45, 2.75) is 59.5 Å². The lowest BCUT2D eigenvalue weighted by molar-refractivity contribution is -0.140. The Kier molecular flexibility index (Phi) is 10.6. The maximum absolute atomic E-state index is 13.6. The van der Waals surface area contributed by atoms with Crippen molar-refractivity contribution < 1.29 is 18.0 Å². The molecule has 2 aromatic carbocycles. The highest BCUT2D eigenvalue weighted by atomic mass is 35.5. The van der Waals surface area contributed by atoms with Gasteiger partial charge in [0.1, 0.15) is 12.6 Å². The number of benzene rings is 2. The van der Waals surface area contributed by atoms with Crippen LogP contribution >= 0.6 is 11.6 Å². The Balaban J connectivity index is 2.41. The summed E-state index contributed by atoms with van der Waals surface area (Å²) in [7, 11) is -3.76. The fourth-order valence-electron chi connectivity index (χ4n) is 3.71. The second kappa shape index (κ2) is 12.9. The topological polar surface area (TPSA) is 86.8 Å². The Bertz CT molecular complexity index is 1120. The lowest BCUT2D eigenvalue weighted by Gasteiger charge is -2.33. The van der Waals surface area contributed by atoms with Crippen molar-refractivity contribution in [2.24, 2.45) is 0 Å². The molecule has 0 heterocycles. The molecule has 2 amide bonds. The molecule has 0 aliphatic rings. The van der Waals surface area contributed by atoms with Crippen LogP contribution in [-0.4, -0.2) is 50.5 Å². The number of nitrogens with zero attached hydrogens (tertiary/aromatic N) is 2. The van der Waals surface area contributed by atoms with E-state index < -0.39 is 28.5 Å². The smallest absolute Gasteiger partial charge is 0.244 e. The molecule has 0 unspecified atom stereocenters. The van der Waals surface area contributed by atoms with Crippen LogP contribution in [0.4, 0.5) is 5.69 Å². The van der Waals surface area contributed by atoms with E-state index in [1.807, 2.05) is 33.8 Å². The molecule has 0 aromatic heterocycles. The summed E-state index contributed by atoms with van der Waals surface area (Å²) in [5, 5.41) is 3.47. The quantitative estimate of drug-likeness (QED) is 0.418. The molecule has 1 N–H and O–H groups in total. The van der Waals surface area contributed by atoms with Crippen LogP contribution in [-0.2, 0) is 26.2 Å². The van der Waals surface area contributed by atoms with Gasteiger partial charge in [-0.3, -0.25) is 13.9 Å². The summed E-state index contributed by atoms with van der Waals surface area (Å²) in [5.41, 5.74) is 3.14. The van der Waals surface area contributed by atoms with Crippen molar-refractivity contribution in [3.05, 3.63) is 64.2 Å². The van der Waals surface area contributed by atoms with Crippen LogP contribution in [0.25, 0.3) is 0 Å². The Hall–Kier alpha value is -2.58. The van der Waals surface area contributed by atoms with Crippen molar-refractivity contribution in [3.8, 4) is 0 Å².